The lowest BCUT2D eigenvalue weighted by Gasteiger charge is -2.14. The topological polar surface area (TPSA) is 18.5 Å². The van der Waals surface area contributed by atoms with Gasteiger partial charge in [-0.25, -0.2) is 0 Å². The van der Waals surface area contributed by atoms with Crippen molar-refractivity contribution < 1.29 is 9.47 Å². The predicted molar refractivity (Wildman–Crippen MR) is 46.2 cm³/mol. The van der Waals surface area contributed by atoms with Crippen molar-refractivity contribution in [3.8, 4) is 0 Å². The van der Waals surface area contributed by atoms with Crippen LogP contribution in [0.4, 0.5) is 0 Å². The molecule has 0 aliphatic heterocycles. The maximum Gasteiger partial charge on any atom is 0.157 e. The summed E-state index contributed by atoms with van der Waals surface area (Å²) in [5.74, 6) is 0.546. The molecule has 0 N–H and O–H groups in total. The number of hydrogen-bond donors (Lipinski definition) is 0. The summed E-state index contributed by atoms with van der Waals surface area (Å²) in [5, 5.41) is 0. The third-order valence-electron chi connectivity index (χ3n) is 1.12. The van der Waals surface area contributed by atoms with Gasteiger partial charge < -0.3 is 9.47 Å². The van der Waals surface area contributed by atoms with Crippen molar-refractivity contribution in [2.45, 2.75) is 33.5 Å². The highest BCUT2D eigenvalue weighted by Gasteiger charge is 2.01. The quantitative estimate of drug-likeness (QED) is 0.553. The molecule has 0 bridgehead atoms. The van der Waals surface area contributed by atoms with Crippen molar-refractivity contribution in [2.75, 3.05) is 13.2 Å². The normalized spacial score (nSPS) is 13.9. The minimum atomic E-state index is -0.294. The molecule has 1 atom stereocenters. The Morgan fingerprint density at radius 1 is 1.27 bits per heavy atom. The highest BCUT2D eigenvalue weighted by Crippen LogP contribution is 1.99. The molecule has 0 aromatic rings. The van der Waals surface area contributed by atoms with Crippen LogP contribution in [0.3, 0.4) is 0 Å². The Labute approximate surface area is 69.9 Å². The lowest BCUT2D eigenvalue weighted by Crippen LogP contribution is -2.16. The Bertz CT molecular complexity index is 81.6. The molecule has 67 valence electrons. The van der Waals surface area contributed by atoms with Gasteiger partial charge in [0.25, 0.3) is 0 Å². The van der Waals surface area contributed by atoms with E-state index in [-0.39, 0.29) is 6.29 Å². The third-order valence-corrected chi connectivity index (χ3v) is 1.12. The molecule has 0 heterocycles. The van der Waals surface area contributed by atoms with Gasteiger partial charge >= 0.3 is 0 Å². The second-order valence-electron chi connectivity index (χ2n) is 3.03. The molecule has 0 amide bonds. The van der Waals surface area contributed by atoms with E-state index in [1.54, 1.807) is 0 Å². The highest BCUT2D eigenvalue weighted by molar-refractivity contribution is 4.47. The summed E-state index contributed by atoms with van der Waals surface area (Å²) in [4.78, 5) is 0. The standard InChI is InChI=1S/C9H19O2/c1-5-6-10-9(4)11-7-8(2)3/h8-9H,4-7H2,1-3H3. The zero-order chi connectivity index (χ0) is 8.69. The summed E-state index contributed by atoms with van der Waals surface area (Å²) in [5.41, 5.74) is 0. The fraction of sp³-hybridized carbons (Fsp3) is 0.889. The highest BCUT2D eigenvalue weighted by atomic mass is 16.7. The van der Waals surface area contributed by atoms with Crippen molar-refractivity contribution in [3.05, 3.63) is 6.92 Å². The Morgan fingerprint density at radius 2 is 1.91 bits per heavy atom. The van der Waals surface area contributed by atoms with E-state index in [2.05, 4.69) is 27.7 Å². The van der Waals surface area contributed by atoms with Crippen molar-refractivity contribution in [3.63, 3.8) is 0 Å². The van der Waals surface area contributed by atoms with Crippen molar-refractivity contribution >= 4 is 0 Å². The molecule has 1 radical (unpaired) electrons. The van der Waals surface area contributed by atoms with Gasteiger partial charge in [-0.15, -0.1) is 0 Å². The maximum atomic E-state index is 5.27. The van der Waals surface area contributed by atoms with E-state index < -0.39 is 0 Å². The molecule has 1 unspecified atom stereocenters. The molecule has 0 aliphatic rings. The van der Waals surface area contributed by atoms with Crippen LogP contribution in [0.5, 0.6) is 0 Å². The molecule has 11 heavy (non-hydrogen) atoms. The molecule has 0 spiro atoms. The van der Waals surface area contributed by atoms with Crippen LogP contribution in [0.1, 0.15) is 27.2 Å². The molecule has 0 saturated heterocycles. The fourth-order valence-electron chi connectivity index (χ4n) is 0.597. The van der Waals surface area contributed by atoms with E-state index >= 15 is 0 Å². The number of rotatable bonds is 6. The Hall–Kier alpha value is -0.0800. The molecule has 0 aliphatic carbocycles. The lowest BCUT2D eigenvalue weighted by atomic mass is 10.2. The van der Waals surface area contributed by atoms with Crippen molar-refractivity contribution in [2.24, 2.45) is 5.92 Å². The van der Waals surface area contributed by atoms with Gasteiger partial charge in [-0.1, -0.05) is 20.8 Å². The predicted octanol–water partition coefficient (Wildman–Crippen LogP) is 2.25. The monoisotopic (exact) mass is 159 g/mol. The first-order chi connectivity index (χ1) is 5.16. The van der Waals surface area contributed by atoms with E-state index in [1.807, 2.05) is 0 Å². The van der Waals surface area contributed by atoms with Crippen LogP contribution < -0.4 is 0 Å². The largest absolute Gasteiger partial charge is 0.353 e. The van der Waals surface area contributed by atoms with E-state index in [0.29, 0.717) is 5.92 Å². The van der Waals surface area contributed by atoms with Gasteiger partial charge in [0.1, 0.15) is 0 Å². The summed E-state index contributed by atoms with van der Waals surface area (Å²) < 4.78 is 10.5. The summed E-state index contributed by atoms with van der Waals surface area (Å²) in [7, 11) is 0. The van der Waals surface area contributed by atoms with Crippen LogP contribution in [0.25, 0.3) is 0 Å². The molecule has 2 heteroatoms. The Balaban J connectivity index is 3.15. The smallest absolute Gasteiger partial charge is 0.157 e. The van der Waals surface area contributed by atoms with Crippen LogP contribution in [-0.4, -0.2) is 19.5 Å². The van der Waals surface area contributed by atoms with Crippen LogP contribution in [0, 0.1) is 12.8 Å². The first-order valence-corrected chi connectivity index (χ1v) is 4.23. The van der Waals surface area contributed by atoms with Crippen molar-refractivity contribution in [1.29, 1.82) is 0 Å². The van der Waals surface area contributed by atoms with Gasteiger partial charge in [0, 0.05) is 13.5 Å². The third kappa shape index (κ3) is 7.82. The Morgan fingerprint density at radius 3 is 2.36 bits per heavy atom. The first-order valence-electron chi connectivity index (χ1n) is 4.23. The molecule has 0 saturated carbocycles. The molecule has 0 fully saturated rings. The average Bonchev–Trinajstić information content (AvgIpc) is 1.97. The van der Waals surface area contributed by atoms with Gasteiger partial charge in [-0.3, -0.25) is 0 Å². The minimum absolute atomic E-state index is 0.294. The first kappa shape index (κ1) is 10.9. The van der Waals surface area contributed by atoms with E-state index in [4.69, 9.17) is 9.47 Å². The number of ether oxygens (including phenoxy) is 2. The van der Waals surface area contributed by atoms with Crippen LogP contribution in [0.2, 0.25) is 0 Å². The molecular formula is C9H19O2. The van der Waals surface area contributed by atoms with Crippen LogP contribution in [-0.2, 0) is 9.47 Å². The van der Waals surface area contributed by atoms with Gasteiger partial charge in [0.2, 0.25) is 0 Å². The maximum absolute atomic E-state index is 5.27. The van der Waals surface area contributed by atoms with Gasteiger partial charge in [-0.2, -0.15) is 0 Å². The number of hydrogen-bond acceptors (Lipinski definition) is 2. The summed E-state index contributed by atoms with van der Waals surface area (Å²) in [6.45, 7) is 11.4. The average molecular weight is 159 g/mol. The zero-order valence-electron chi connectivity index (χ0n) is 7.80. The molecule has 2 nitrogen and oxygen atoms in total. The van der Waals surface area contributed by atoms with Crippen LogP contribution in [0.15, 0.2) is 0 Å². The molecule has 0 aromatic heterocycles. The van der Waals surface area contributed by atoms with E-state index in [1.165, 1.54) is 0 Å². The van der Waals surface area contributed by atoms with Gasteiger partial charge in [0.05, 0.1) is 6.61 Å². The summed E-state index contributed by atoms with van der Waals surface area (Å²) >= 11 is 0. The SMILES string of the molecule is [CH2]C(OCCC)OCC(C)C. The Kier molecular flexibility index (Phi) is 6.57. The molecular weight excluding hydrogens is 140 g/mol. The lowest BCUT2D eigenvalue weighted by molar-refractivity contribution is -0.119. The van der Waals surface area contributed by atoms with E-state index in [9.17, 15) is 0 Å². The van der Waals surface area contributed by atoms with Crippen molar-refractivity contribution in [1.82, 2.24) is 0 Å². The second kappa shape index (κ2) is 6.62. The molecule has 0 aromatic carbocycles. The van der Waals surface area contributed by atoms with E-state index in [0.717, 1.165) is 19.6 Å². The second-order valence-corrected chi connectivity index (χ2v) is 3.03. The molecule has 0 rings (SSSR count). The zero-order valence-corrected chi connectivity index (χ0v) is 7.80. The van der Waals surface area contributed by atoms with Crippen LogP contribution >= 0.6 is 0 Å². The minimum Gasteiger partial charge on any atom is -0.353 e. The summed E-state index contributed by atoms with van der Waals surface area (Å²) in [6, 6.07) is 0. The van der Waals surface area contributed by atoms with Gasteiger partial charge in [-0.05, 0) is 12.3 Å². The van der Waals surface area contributed by atoms with Gasteiger partial charge in [0.15, 0.2) is 6.29 Å². The fourth-order valence-corrected chi connectivity index (χ4v) is 0.597. The summed E-state index contributed by atoms with van der Waals surface area (Å²) in [6.07, 6.45) is 0.717.